The average molecular weight is 205 g/mol. The molecule has 0 amide bonds. The lowest BCUT2D eigenvalue weighted by Gasteiger charge is -1.99. The zero-order chi connectivity index (χ0) is 11.1. The van der Waals surface area contributed by atoms with Crippen LogP contribution in [0.5, 0.6) is 0 Å². The predicted molar refractivity (Wildman–Crippen MR) is 59.7 cm³/mol. The van der Waals surface area contributed by atoms with E-state index in [4.69, 9.17) is 4.84 Å². The molecule has 15 heavy (non-hydrogen) atoms. The van der Waals surface area contributed by atoms with E-state index in [2.05, 4.69) is 5.16 Å². The molecule has 0 N–H and O–H groups in total. The smallest absolute Gasteiger partial charge is 0.318 e. The lowest BCUT2D eigenvalue weighted by molar-refractivity contribution is -0.143. The van der Waals surface area contributed by atoms with E-state index < -0.39 is 0 Å². The Morgan fingerprint density at radius 1 is 1.33 bits per heavy atom. The van der Waals surface area contributed by atoms with Gasteiger partial charge in [0.1, 0.15) is 0 Å². The van der Waals surface area contributed by atoms with Crippen LogP contribution in [0.1, 0.15) is 32.3 Å². The van der Waals surface area contributed by atoms with Gasteiger partial charge in [-0.3, -0.25) is 0 Å². The second-order valence-electron chi connectivity index (χ2n) is 3.26. The molecule has 80 valence electrons. The summed E-state index contributed by atoms with van der Waals surface area (Å²) in [5, 5.41) is 3.78. The molecule has 1 rings (SSSR count). The third-order valence-electron chi connectivity index (χ3n) is 1.93. The number of benzene rings is 1. The van der Waals surface area contributed by atoms with Gasteiger partial charge in [0.25, 0.3) is 0 Å². The Morgan fingerprint density at radius 2 is 2.00 bits per heavy atom. The number of hydrogen-bond donors (Lipinski definition) is 0. The van der Waals surface area contributed by atoms with Crippen molar-refractivity contribution in [3.8, 4) is 0 Å². The number of oxime groups is 1. The molecule has 0 radical (unpaired) electrons. The van der Waals surface area contributed by atoms with Crippen molar-refractivity contribution in [1.82, 2.24) is 0 Å². The second-order valence-corrected chi connectivity index (χ2v) is 3.26. The maximum Gasteiger partial charge on any atom is 0.335 e. The van der Waals surface area contributed by atoms with E-state index in [1.54, 1.807) is 0 Å². The molecular formula is C12H15NO2. The molecule has 0 atom stereocenters. The Bertz CT molecular complexity index is 344. The highest BCUT2D eigenvalue weighted by Crippen LogP contribution is 2.01. The second kappa shape index (κ2) is 5.96. The van der Waals surface area contributed by atoms with Gasteiger partial charge in [-0.15, -0.1) is 0 Å². The zero-order valence-corrected chi connectivity index (χ0v) is 9.06. The fourth-order valence-corrected chi connectivity index (χ4v) is 1.10. The maximum absolute atomic E-state index is 11.0. The van der Waals surface area contributed by atoms with Crippen LogP contribution in [0.15, 0.2) is 35.5 Å². The number of carbonyl (C=O) groups excluding carboxylic acids is 1. The number of nitrogens with zero attached hydrogens (tertiary/aromatic N) is 1. The van der Waals surface area contributed by atoms with Gasteiger partial charge in [0.2, 0.25) is 0 Å². The van der Waals surface area contributed by atoms with Gasteiger partial charge in [-0.25, -0.2) is 4.79 Å². The van der Waals surface area contributed by atoms with Crippen LogP contribution in [0.4, 0.5) is 0 Å². The van der Waals surface area contributed by atoms with E-state index in [-0.39, 0.29) is 5.97 Å². The highest BCUT2D eigenvalue weighted by molar-refractivity contribution is 5.98. The molecule has 0 saturated heterocycles. The summed E-state index contributed by atoms with van der Waals surface area (Å²) in [5.74, 6) is -0.284. The van der Waals surface area contributed by atoms with Gasteiger partial charge in [0, 0.05) is 6.42 Å². The fourth-order valence-electron chi connectivity index (χ4n) is 1.10. The van der Waals surface area contributed by atoms with E-state index in [9.17, 15) is 4.79 Å². The van der Waals surface area contributed by atoms with Crippen molar-refractivity contribution in [2.45, 2.75) is 26.7 Å². The molecule has 0 aromatic heterocycles. The summed E-state index contributed by atoms with van der Waals surface area (Å²) >= 11 is 0. The Morgan fingerprint density at radius 3 is 2.60 bits per heavy atom. The van der Waals surface area contributed by atoms with Crippen molar-refractivity contribution in [3.63, 3.8) is 0 Å². The van der Waals surface area contributed by atoms with Gasteiger partial charge in [-0.2, -0.15) is 0 Å². The summed E-state index contributed by atoms with van der Waals surface area (Å²) < 4.78 is 0. The van der Waals surface area contributed by atoms with Crippen LogP contribution in [0, 0.1) is 0 Å². The Labute approximate surface area is 89.7 Å². The molecule has 0 bridgehead atoms. The topological polar surface area (TPSA) is 38.7 Å². The molecular weight excluding hydrogens is 190 g/mol. The maximum atomic E-state index is 11.0. The third-order valence-corrected chi connectivity index (χ3v) is 1.93. The number of rotatable bonds is 4. The average Bonchev–Trinajstić information content (AvgIpc) is 2.27. The Hall–Kier alpha value is -1.64. The van der Waals surface area contributed by atoms with Crippen LogP contribution < -0.4 is 0 Å². The molecule has 3 nitrogen and oxygen atoms in total. The monoisotopic (exact) mass is 205 g/mol. The van der Waals surface area contributed by atoms with Gasteiger partial charge in [-0.1, -0.05) is 42.4 Å². The highest BCUT2D eigenvalue weighted by Gasteiger charge is 2.01. The zero-order valence-electron chi connectivity index (χ0n) is 9.06. The minimum Gasteiger partial charge on any atom is -0.318 e. The van der Waals surface area contributed by atoms with Crippen LogP contribution in [-0.2, 0) is 9.63 Å². The van der Waals surface area contributed by atoms with Crippen LogP contribution in [0.25, 0.3) is 0 Å². The minimum atomic E-state index is -0.284. The van der Waals surface area contributed by atoms with E-state index in [1.807, 2.05) is 44.2 Å². The lowest BCUT2D eigenvalue weighted by atomic mass is 10.1. The van der Waals surface area contributed by atoms with Crippen molar-refractivity contribution in [2.75, 3.05) is 0 Å². The van der Waals surface area contributed by atoms with Crippen molar-refractivity contribution in [2.24, 2.45) is 5.16 Å². The molecule has 1 aromatic rings. The SMILES string of the molecule is CCCC(=O)O/N=C(/C)c1ccccc1. The molecule has 0 unspecified atom stereocenters. The predicted octanol–water partition coefficient (Wildman–Crippen LogP) is 2.75. The highest BCUT2D eigenvalue weighted by atomic mass is 16.7. The van der Waals surface area contributed by atoms with Crippen LogP contribution in [0.2, 0.25) is 0 Å². The lowest BCUT2D eigenvalue weighted by Crippen LogP contribution is -2.02. The Balaban J connectivity index is 2.57. The standard InChI is InChI=1S/C12H15NO2/c1-3-7-12(14)15-13-10(2)11-8-5-4-6-9-11/h4-6,8-9H,3,7H2,1-2H3/b13-10-. The summed E-state index contributed by atoms with van der Waals surface area (Å²) in [5.41, 5.74) is 1.67. The summed E-state index contributed by atoms with van der Waals surface area (Å²) in [4.78, 5) is 15.8. The van der Waals surface area contributed by atoms with Crippen molar-refractivity contribution >= 4 is 11.7 Å². The first-order valence-electron chi connectivity index (χ1n) is 5.04. The van der Waals surface area contributed by atoms with E-state index >= 15 is 0 Å². The van der Waals surface area contributed by atoms with E-state index in [0.717, 1.165) is 12.0 Å². The molecule has 0 fully saturated rings. The molecule has 1 aromatic carbocycles. The fraction of sp³-hybridized carbons (Fsp3) is 0.333. The quantitative estimate of drug-likeness (QED) is 0.430. The molecule has 3 heteroatoms. The number of hydrogen-bond acceptors (Lipinski definition) is 3. The van der Waals surface area contributed by atoms with Crippen molar-refractivity contribution in [3.05, 3.63) is 35.9 Å². The summed E-state index contributed by atoms with van der Waals surface area (Å²) in [7, 11) is 0. The normalized spacial score (nSPS) is 11.2. The Kier molecular flexibility index (Phi) is 4.54. The van der Waals surface area contributed by atoms with Gasteiger partial charge >= 0.3 is 5.97 Å². The first kappa shape index (κ1) is 11.4. The van der Waals surface area contributed by atoms with Gasteiger partial charge in [0.15, 0.2) is 0 Å². The van der Waals surface area contributed by atoms with Crippen LogP contribution in [0.3, 0.4) is 0 Å². The summed E-state index contributed by atoms with van der Waals surface area (Å²) in [6.45, 7) is 3.74. The van der Waals surface area contributed by atoms with Gasteiger partial charge < -0.3 is 4.84 Å². The molecule has 0 spiro atoms. The van der Waals surface area contributed by atoms with Crippen molar-refractivity contribution < 1.29 is 9.63 Å². The first-order chi connectivity index (χ1) is 7.24. The molecule has 0 aliphatic heterocycles. The first-order valence-corrected chi connectivity index (χ1v) is 5.04. The summed E-state index contributed by atoms with van der Waals surface area (Å²) in [6, 6.07) is 9.61. The molecule has 0 aliphatic rings. The molecule has 0 saturated carbocycles. The molecule has 0 heterocycles. The van der Waals surface area contributed by atoms with Crippen LogP contribution >= 0.6 is 0 Å². The van der Waals surface area contributed by atoms with Crippen LogP contribution in [-0.4, -0.2) is 11.7 Å². The largest absolute Gasteiger partial charge is 0.335 e. The van der Waals surface area contributed by atoms with E-state index in [0.29, 0.717) is 12.1 Å². The molecule has 0 aliphatic carbocycles. The van der Waals surface area contributed by atoms with Gasteiger partial charge in [-0.05, 0) is 18.9 Å². The number of carbonyl (C=O) groups is 1. The third kappa shape index (κ3) is 3.94. The summed E-state index contributed by atoms with van der Waals surface area (Å²) in [6.07, 6.45) is 1.18. The van der Waals surface area contributed by atoms with E-state index in [1.165, 1.54) is 0 Å². The van der Waals surface area contributed by atoms with Gasteiger partial charge in [0.05, 0.1) is 5.71 Å². The minimum absolute atomic E-state index is 0.284. The van der Waals surface area contributed by atoms with Crippen molar-refractivity contribution in [1.29, 1.82) is 0 Å².